The molecule has 7 nitrogen and oxygen atoms in total. The zero-order valence-corrected chi connectivity index (χ0v) is 16.7. The van der Waals surface area contributed by atoms with Crippen LogP contribution in [-0.4, -0.2) is 36.7 Å². The van der Waals surface area contributed by atoms with Crippen LogP contribution < -0.4 is 20.1 Å². The monoisotopic (exact) mass is 395 g/mol. The smallest absolute Gasteiger partial charge is 0.319 e. The molecule has 1 saturated heterocycles. The summed E-state index contributed by atoms with van der Waals surface area (Å²) in [6.07, 6.45) is 2.04. The molecule has 0 spiro atoms. The van der Waals surface area contributed by atoms with E-state index in [4.69, 9.17) is 9.47 Å². The molecule has 0 aliphatic carbocycles. The Kier molecular flexibility index (Phi) is 5.29. The minimum atomic E-state index is -0.361. The molecule has 1 unspecified atom stereocenters. The molecule has 2 aromatic rings. The summed E-state index contributed by atoms with van der Waals surface area (Å²) in [4.78, 5) is 27.4. The molecule has 2 aliphatic heterocycles. The number of carbonyl (C=O) groups is 2. The van der Waals surface area contributed by atoms with Gasteiger partial charge in [-0.1, -0.05) is 18.2 Å². The van der Waals surface area contributed by atoms with Gasteiger partial charge in [-0.3, -0.25) is 4.79 Å². The summed E-state index contributed by atoms with van der Waals surface area (Å²) < 4.78 is 10.7. The maximum Gasteiger partial charge on any atom is 0.319 e. The van der Waals surface area contributed by atoms with Gasteiger partial charge in [-0.25, -0.2) is 4.79 Å². The Bertz CT molecular complexity index is 938. The fraction of sp³-hybridized carbons (Fsp3) is 0.364. The first kappa shape index (κ1) is 19.1. The van der Waals surface area contributed by atoms with Crippen molar-refractivity contribution in [2.75, 3.05) is 25.2 Å². The highest BCUT2D eigenvalue weighted by Gasteiger charge is 2.24. The molecular formula is C22H25N3O4. The predicted octanol–water partition coefficient (Wildman–Crippen LogP) is 3.84. The normalized spacial score (nSPS) is 15.9. The van der Waals surface area contributed by atoms with Gasteiger partial charge in [0.1, 0.15) is 0 Å². The molecular weight excluding hydrogens is 370 g/mol. The van der Waals surface area contributed by atoms with Crippen LogP contribution in [-0.2, 0) is 0 Å². The van der Waals surface area contributed by atoms with Crippen LogP contribution in [0.5, 0.6) is 11.5 Å². The number of hydrogen-bond donors (Lipinski definition) is 2. The van der Waals surface area contributed by atoms with Gasteiger partial charge in [0.15, 0.2) is 11.5 Å². The van der Waals surface area contributed by atoms with Crippen LogP contribution in [0.1, 0.15) is 47.3 Å². The van der Waals surface area contributed by atoms with E-state index in [2.05, 4.69) is 10.6 Å². The molecule has 3 amide bonds. The van der Waals surface area contributed by atoms with Gasteiger partial charge in [0.05, 0.1) is 17.3 Å². The molecule has 2 heterocycles. The highest BCUT2D eigenvalue weighted by atomic mass is 16.7. The van der Waals surface area contributed by atoms with Gasteiger partial charge in [0, 0.05) is 13.1 Å². The topological polar surface area (TPSA) is 79.9 Å². The maximum absolute atomic E-state index is 12.9. The zero-order valence-electron chi connectivity index (χ0n) is 16.7. The van der Waals surface area contributed by atoms with E-state index >= 15 is 0 Å². The van der Waals surface area contributed by atoms with Gasteiger partial charge in [-0.15, -0.1) is 0 Å². The number of aryl methyl sites for hydroxylation is 1. The van der Waals surface area contributed by atoms with Crippen molar-refractivity contribution in [2.24, 2.45) is 0 Å². The molecule has 0 aromatic heterocycles. The van der Waals surface area contributed by atoms with Crippen LogP contribution >= 0.6 is 0 Å². The van der Waals surface area contributed by atoms with Crippen LogP contribution in [0.15, 0.2) is 36.4 Å². The summed E-state index contributed by atoms with van der Waals surface area (Å²) in [7, 11) is 0. The second kappa shape index (κ2) is 8.03. The summed E-state index contributed by atoms with van der Waals surface area (Å²) in [5.41, 5.74) is 2.83. The van der Waals surface area contributed by atoms with Crippen LogP contribution in [0.3, 0.4) is 0 Å². The molecule has 7 heteroatoms. The molecule has 2 N–H and O–H groups in total. The molecule has 1 fully saturated rings. The molecule has 29 heavy (non-hydrogen) atoms. The number of carbonyl (C=O) groups excluding carboxylic acids is 2. The lowest BCUT2D eigenvalue weighted by Crippen LogP contribution is -2.33. The molecule has 0 bridgehead atoms. The number of para-hydroxylation sites is 1. The Balaban J connectivity index is 1.47. The number of ether oxygens (including phenoxy) is 2. The molecule has 1 atom stereocenters. The zero-order chi connectivity index (χ0) is 20.4. The number of urea groups is 1. The lowest BCUT2D eigenvalue weighted by Gasteiger charge is -2.20. The lowest BCUT2D eigenvalue weighted by molar-refractivity contribution is 0.0793. The van der Waals surface area contributed by atoms with Gasteiger partial charge < -0.3 is 25.0 Å². The Morgan fingerprint density at radius 3 is 2.62 bits per heavy atom. The van der Waals surface area contributed by atoms with E-state index < -0.39 is 0 Å². The third kappa shape index (κ3) is 3.99. The maximum atomic E-state index is 12.9. The average molecular weight is 395 g/mol. The summed E-state index contributed by atoms with van der Waals surface area (Å²) in [5, 5.41) is 5.81. The molecule has 2 aromatic carbocycles. The van der Waals surface area contributed by atoms with Crippen molar-refractivity contribution in [3.63, 3.8) is 0 Å². The minimum Gasteiger partial charge on any atom is -0.454 e. The fourth-order valence-electron chi connectivity index (χ4n) is 3.71. The summed E-state index contributed by atoms with van der Waals surface area (Å²) in [6, 6.07) is 10.5. The molecule has 152 valence electrons. The second-order valence-corrected chi connectivity index (χ2v) is 7.43. The van der Waals surface area contributed by atoms with E-state index in [0.29, 0.717) is 22.7 Å². The number of hydrogen-bond acceptors (Lipinski definition) is 4. The van der Waals surface area contributed by atoms with Gasteiger partial charge >= 0.3 is 6.03 Å². The van der Waals surface area contributed by atoms with Crippen molar-refractivity contribution in [1.29, 1.82) is 0 Å². The van der Waals surface area contributed by atoms with Crippen molar-refractivity contribution >= 4 is 17.6 Å². The van der Waals surface area contributed by atoms with Crippen molar-refractivity contribution in [3.05, 3.63) is 53.1 Å². The SMILES string of the molecule is Cc1cccc(C(=O)N2CCCC2)c1NC(=O)NC(C)c1ccc2c(c1)OCO2. The number of amides is 3. The predicted molar refractivity (Wildman–Crippen MR) is 109 cm³/mol. The molecule has 0 saturated carbocycles. The van der Waals surface area contributed by atoms with Crippen LogP contribution in [0, 0.1) is 6.92 Å². The number of nitrogens with zero attached hydrogens (tertiary/aromatic N) is 1. The molecule has 0 radical (unpaired) electrons. The fourth-order valence-corrected chi connectivity index (χ4v) is 3.71. The first-order valence-electron chi connectivity index (χ1n) is 9.89. The summed E-state index contributed by atoms with van der Waals surface area (Å²) in [6.45, 7) is 5.52. The van der Waals surface area contributed by atoms with E-state index in [1.807, 2.05) is 49.1 Å². The van der Waals surface area contributed by atoms with Crippen molar-refractivity contribution < 1.29 is 19.1 Å². The second-order valence-electron chi connectivity index (χ2n) is 7.43. The van der Waals surface area contributed by atoms with Gasteiger partial charge in [-0.2, -0.15) is 0 Å². The first-order valence-corrected chi connectivity index (χ1v) is 9.89. The summed E-state index contributed by atoms with van der Waals surface area (Å²) in [5.74, 6) is 1.34. The van der Waals surface area contributed by atoms with Crippen LogP contribution in [0.4, 0.5) is 10.5 Å². The lowest BCUT2D eigenvalue weighted by atomic mass is 10.1. The largest absolute Gasteiger partial charge is 0.454 e. The van der Waals surface area contributed by atoms with Crippen molar-refractivity contribution in [1.82, 2.24) is 10.2 Å². The average Bonchev–Trinajstić information content (AvgIpc) is 3.40. The standard InChI is InChI=1S/C22H25N3O4/c1-14-6-5-7-17(21(26)25-10-3-4-11-25)20(14)24-22(27)23-15(2)16-8-9-18-19(12-16)29-13-28-18/h5-9,12,15H,3-4,10-11,13H2,1-2H3,(H2,23,24,27). The number of fused-ring (bicyclic) bond motifs is 1. The van der Waals surface area contributed by atoms with Crippen molar-refractivity contribution in [3.8, 4) is 11.5 Å². The Labute approximate surface area is 170 Å². The van der Waals surface area contributed by atoms with Gasteiger partial charge in [0.25, 0.3) is 5.91 Å². The van der Waals surface area contributed by atoms with Gasteiger partial charge in [-0.05, 0) is 56.0 Å². The van der Waals surface area contributed by atoms with Crippen LogP contribution in [0.2, 0.25) is 0 Å². The third-order valence-corrected chi connectivity index (χ3v) is 5.38. The Hall–Kier alpha value is -3.22. The number of anilines is 1. The number of rotatable bonds is 4. The number of benzene rings is 2. The molecule has 4 rings (SSSR count). The van der Waals surface area contributed by atoms with Crippen LogP contribution in [0.25, 0.3) is 0 Å². The highest BCUT2D eigenvalue weighted by molar-refractivity contribution is 6.04. The molecule has 2 aliphatic rings. The van der Waals surface area contributed by atoms with Gasteiger partial charge in [0.2, 0.25) is 6.79 Å². The minimum absolute atomic E-state index is 0.0367. The van der Waals surface area contributed by atoms with E-state index in [1.165, 1.54) is 0 Å². The van der Waals surface area contributed by atoms with Crippen molar-refractivity contribution in [2.45, 2.75) is 32.7 Å². The first-order chi connectivity index (χ1) is 14.0. The van der Waals surface area contributed by atoms with E-state index in [9.17, 15) is 9.59 Å². The van der Waals surface area contributed by atoms with E-state index in [1.54, 1.807) is 6.07 Å². The quantitative estimate of drug-likeness (QED) is 0.824. The third-order valence-electron chi connectivity index (χ3n) is 5.38. The highest BCUT2D eigenvalue weighted by Crippen LogP contribution is 2.34. The van der Waals surface area contributed by atoms with E-state index in [0.717, 1.165) is 37.1 Å². The Morgan fingerprint density at radius 2 is 1.83 bits per heavy atom. The summed E-state index contributed by atoms with van der Waals surface area (Å²) >= 11 is 0. The van der Waals surface area contributed by atoms with E-state index in [-0.39, 0.29) is 24.8 Å². The Morgan fingerprint density at radius 1 is 1.07 bits per heavy atom. The number of nitrogens with one attached hydrogen (secondary N) is 2. The number of likely N-dealkylation sites (tertiary alicyclic amines) is 1.